The lowest BCUT2D eigenvalue weighted by molar-refractivity contribution is 0.812. The summed E-state index contributed by atoms with van der Waals surface area (Å²) in [6, 6.07) is 35.2. The fourth-order valence-corrected chi connectivity index (χ4v) is 4.47. The Morgan fingerprint density at radius 3 is 0.981 bits per heavy atom. The predicted molar refractivity (Wildman–Crippen MR) is 232 cm³/mol. The van der Waals surface area contributed by atoms with Crippen molar-refractivity contribution in [3.05, 3.63) is 186 Å². The largest absolute Gasteiger partial charge is 0.265 e. The van der Waals surface area contributed by atoms with Gasteiger partial charge in [-0.3, -0.25) is 24.9 Å². The lowest BCUT2D eigenvalue weighted by atomic mass is 10.0. The highest BCUT2D eigenvalue weighted by Gasteiger charge is 1.98. The summed E-state index contributed by atoms with van der Waals surface area (Å²) < 4.78 is 0. The minimum Gasteiger partial charge on any atom is -0.265 e. The molecule has 0 saturated heterocycles. The Labute approximate surface area is 328 Å². The molecule has 0 aliphatic heterocycles. The molecule has 0 unspecified atom stereocenters. The second-order valence-electron chi connectivity index (χ2n) is 14.7. The third-order valence-electron chi connectivity index (χ3n) is 8.11. The van der Waals surface area contributed by atoms with E-state index >= 15 is 0 Å². The standard InChI is InChI=1S/2C9H12.3C8H11N.C7H10N2/c2*1-8(2)9-6-4-3-5-7-9;1-7(2)8-3-5-9-6-4-8;1-7(2)8-4-3-5-9-6-8;1-7(2)8-5-3-4-6-9-8;1-6(2)7-5-8-3-4-9-7/h2*3-8H,1-2H3;3*3-7H,1-2H3;3-6H,1-2H3. The van der Waals surface area contributed by atoms with Crippen molar-refractivity contribution in [3.63, 3.8) is 0 Å². The maximum absolute atomic E-state index is 4.18. The Bertz CT molecular complexity index is 1340. The Kier molecular flexibility index (Phi) is 24.8. The summed E-state index contributed by atoms with van der Waals surface area (Å²) in [5.74, 6) is 3.56. The van der Waals surface area contributed by atoms with Crippen LogP contribution >= 0.6 is 0 Å². The summed E-state index contributed by atoms with van der Waals surface area (Å²) in [7, 11) is 0. The second kappa shape index (κ2) is 28.5. The van der Waals surface area contributed by atoms with E-state index < -0.39 is 0 Å². The van der Waals surface area contributed by atoms with Crippen LogP contribution in [0.4, 0.5) is 0 Å². The van der Waals surface area contributed by atoms with Crippen LogP contribution in [0.15, 0.2) is 153 Å². The van der Waals surface area contributed by atoms with Crippen LogP contribution in [0.3, 0.4) is 0 Å². The first-order valence-corrected chi connectivity index (χ1v) is 19.4. The monoisotopic (exact) mass is 726 g/mol. The van der Waals surface area contributed by atoms with Crippen molar-refractivity contribution in [1.29, 1.82) is 0 Å². The van der Waals surface area contributed by atoms with Crippen LogP contribution in [0.25, 0.3) is 0 Å². The molecule has 0 spiro atoms. The molecule has 6 aromatic rings. The first-order valence-electron chi connectivity index (χ1n) is 19.4. The zero-order valence-electron chi connectivity index (χ0n) is 35.1. The van der Waals surface area contributed by atoms with E-state index in [2.05, 4.69) is 163 Å². The summed E-state index contributed by atoms with van der Waals surface area (Å²) in [6.45, 7) is 26.0. The van der Waals surface area contributed by atoms with E-state index in [0.717, 1.165) is 11.4 Å². The van der Waals surface area contributed by atoms with Gasteiger partial charge in [0.1, 0.15) is 0 Å². The van der Waals surface area contributed by atoms with Crippen molar-refractivity contribution in [2.75, 3.05) is 0 Å². The van der Waals surface area contributed by atoms with E-state index in [4.69, 9.17) is 0 Å². The van der Waals surface area contributed by atoms with Gasteiger partial charge in [0, 0.05) is 55.3 Å². The van der Waals surface area contributed by atoms with E-state index in [1.807, 2.05) is 73.3 Å². The van der Waals surface area contributed by atoms with Crippen molar-refractivity contribution in [2.24, 2.45) is 0 Å². The maximum Gasteiger partial charge on any atom is 0.0612 e. The van der Waals surface area contributed by atoms with Crippen molar-refractivity contribution < 1.29 is 0 Å². The fraction of sp³-hybridized carbons (Fsp3) is 0.367. The van der Waals surface area contributed by atoms with Crippen LogP contribution in [-0.4, -0.2) is 24.9 Å². The summed E-state index contributed by atoms with van der Waals surface area (Å²) in [6.07, 6.45) is 14.4. The SMILES string of the molecule is CC(C)c1ccccc1.CC(C)c1ccccc1.CC(C)c1ccccn1.CC(C)c1cccnc1.CC(C)c1ccncc1.CC(C)c1cnccn1. The van der Waals surface area contributed by atoms with Crippen LogP contribution in [0.1, 0.15) is 152 Å². The highest BCUT2D eigenvalue weighted by molar-refractivity contribution is 5.18. The van der Waals surface area contributed by atoms with Crippen LogP contribution in [0.2, 0.25) is 0 Å². The molecule has 4 aromatic heterocycles. The number of benzene rings is 2. The number of rotatable bonds is 6. The molecule has 288 valence electrons. The van der Waals surface area contributed by atoms with Gasteiger partial charge in [0.2, 0.25) is 0 Å². The summed E-state index contributed by atoms with van der Waals surface area (Å²) in [5, 5.41) is 0. The van der Waals surface area contributed by atoms with E-state index in [0.29, 0.717) is 35.5 Å². The van der Waals surface area contributed by atoms with Crippen LogP contribution in [0.5, 0.6) is 0 Å². The molecule has 5 nitrogen and oxygen atoms in total. The van der Waals surface area contributed by atoms with Crippen LogP contribution in [0, 0.1) is 0 Å². The molecule has 0 atom stereocenters. The summed E-state index contributed by atoms with van der Waals surface area (Å²) >= 11 is 0. The van der Waals surface area contributed by atoms with Gasteiger partial charge in [0.25, 0.3) is 0 Å². The highest BCUT2D eigenvalue weighted by Crippen LogP contribution is 2.14. The molecule has 0 amide bonds. The molecule has 6 rings (SSSR count). The van der Waals surface area contributed by atoms with E-state index in [1.54, 1.807) is 24.8 Å². The molecule has 0 radical (unpaired) electrons. The Hall–Kier alpha value is -5.03. The molecular formula is C49H67N5. The summed E-state index contributed by atoms with van der Waals surface area (Å²) in [5.41, 5.74) is 7.70. The molecule has 4 heterocycles. The average Bonchev–Trinajstić information content (AvgIpc) is 3.21. The second-order valence-corrected chi connectivity index (χ2v) is 14.7. The number of pyridine rings is 3. The first-order chi connectivity index (χ1) is 25.8. The number of hydrogen-bond donors (Lipinski definition) is 0. The van der Waals surface area contributed by atoms with Gasteiger partial charge >= 0.3 is 0 Å². The lowest BCUT2D eigenvalue weighted by Gasteiger charge is -2.01. The molecule has 54 heavy (non-hydrogen) atoms. The van der Waals surface area contributed by atoms with Gasteiger partial charge in [-0.15, -0.1) is 0 Å². The minimum atomic E-state index is 0.485. The fourth-order valence-electron chi connectivity index (χ4n) is 4.47. The number of nitrogens with zero attached hydrogens (tertiary/aromatic N) is 5. The van der Waals surface area contributed by atoms with Crippen molar-refractivity contribution in [2.45, 2.75) is 119 Å². The van der Waals surface area contributed by atoms with Gasteiger partial charge in [-0.05, 0) is 88.1 Å². The molecule has 5 heteroatoms. The first kappa shape index (κ1) is 47.0. The van der Waals surface area contributed by atoms with Crippen LogP contribution < -0.4 is 0 Å². The van der Waals surface area contributed by atoms with Gasteiger partial charge in [0.15, 0.2) is 0 Å². The normalized spacial score (nSPS) is 10.1. The van der Waals surface area contributed by atoms with Crippen molar-refractivity contribution in [1.82, 2.24) is 24.9 Å². The average molecular weight is 726 g/mol. The topological polar surface area (TPSA) is 64.5 Å². The Morgan fingerprint density at radius 1 is 0.278 bits per heavy atom. The molecule has 0 aliphatic rings. The van der Waals surface area contributed by atoms with Crippen molar-refractivity contribution >= 4 is 0 Å². The van der Waals surface area contributed by atoms with E-state index in [1.165, 1.54) is 22.3 Å². The number of aromatic nitrogens is 5. The Balaban J connectivity index is 0.000000324. The molecule has 2 aromatic carbocycles. The molecular weight excluding hydrogens is 659 g/mol. The lowest BCUT2D eigenvalue weighted by Crippen LogP contribution is -1.91. The molecule has 0 saturated carbocycles. The smallest absolute Gasteiger partial charge is 0.0612 e. The third kappa shape index (κ3) is 22.1. The maximum atomic E-state index is 4.18. The quantitative estimate of drug-likeness (QED) is 0.171. The minimum absolute atomic E-state index is 0.485. The predicted octanol–water partition coefficient (Wildman–Crippen LogP) is 13.8. The summed E-state index contributed by atoms with van der Waals surface area (Å²) in [4.78, 5) is 20.2. The molecule has 0 bridgehead atoms. The molecule has 0 fully saturated rings. The molecule has 0 aliphatic carbocycles. The Morgan fingerprint density at radius 2 is 0.704 bits per heavy atom. The van der Waals surface area contributed by atoms with Gasteiger partial charge in [0.05, 0.1) is 5.69 Å². The van der Waals surface area contributed by atoms with Crippen molar-refractivity contribution in [3.8, 4) is 0 Å². The van der Waals surface area contributed by atoms with Crippen LogP contribution in [-0.2, 0) is 0 Å². The highest BCUT2D eigenvalue weighted by atomic mass is 14.8. The zero-order valence-corrected chi connectivity index (χ0v) is 35.1. The number of hydrogen-bond acceptors (Lipinski definition) is 5. The van der Waals surface area contributed by atoms with Gasteiger partial charge in [-0.1, -0.05) is 156 Å². The van der Waals surface area contributed by atoms with Gasteiger partial charge in [-0.25, -0.2) is 0 Å². The van der Waals surface area contributed by atoms with Gasteiger partial charge < -0.3 is 0 Å². The third-order valence-corrected chi connectivity index (χ3v) is 8.11. The zero-order chi connectivity index (χ0) is 40.1. The molecule has 0 N–H and O–H groups in total. The van der Waals surface area contributed by atoms with E-state index in [-0.39, 0.29) is 0 Å². The van der Waals surface area contributed by atoms with E-state index in [9.17, 15) is 0 Å². The van der Waals surface area contributed by atoms with Gasteiger partial charge in [-0.2, -0.15) is 0 Å².